The molecule has 1 aromatic rings. The molecule has 1 heterocycles. The Balaban J connectivity index is 3.08. The van der Waals surface area contributed by atoms with Gasteiger partial charge < -0.3 is 10.3 Å². The number of nitrogen functional groups attached to an aromatic ring is 1. The molecule has 50 valence electrons. The molecule has 1 rings (SSSR count). The second-order valence-corrected chi connectivity index (χ2v) is 2.27. The second kappa shape index (κ2) is 2.16. The monoisotopic (exact) mass is 146 g/mol. The summed E-state index contributed by atoms with van der Waals surface area (Å²) in [6, 6.07) is 0. The molecule has 0 saturated carbocycles. The van der Waals surface area contributed by atoms with Crippen LogP contribution in [0.3, 0.4) is 0 Å². The van der Waals surface area contributed by atoms with Crippen molar-refractivity contribution in [3.8, 4) is 0 Å². The normalized spacial score (nSPS) is 13.4. The average molecular weight is 146 g/mol. The Morgan fingerprint density at radius 3 is 2.78 bits per heavy atom. The van der Waals surface area contributed by atoms with Crippen LogP contribution < -0.4 is 5.73 Å². The third kappa shape index (κ3) is 1.08. The van der Waals surface area contributed by atoms with Crippen molar-refractivity contribution in [2.45, 2.75) is 5.03 Å². The van der Waals surface area contributed by atoms with Gasteiger partial charge >= 0.3 is 0 Å². The minimum Gasteiger partial charge on any atom is -0.767 e. The molecule has 0 fully saturated rings. The molecule has 0 aliphatic heterocycles. The molecule has 9 heavy (non-hydrogen) atoms. The number of aromatic nitrogens is 2. The molecule has 0 amide bonds. The number of hydrogen-bond donors (Lipinski definition) is 2. The quantitative estimate of drug-likeness (QED) is 0.508. The lowest BCUT2D eigenvalue weighted by atomic mass is 10.6. The molecule has 0 radical (unpaired) electrons. The van der Waals surface area contributed by atoms with Gasteiger partial charge in [0.15, 0.2) is 0 Å². The van der Waals surface area contributed by atoms with Crippen molar-refractivity contribution in [1.82, 2.24) is 10.2 Å². The van der Waals surface area contributed by atoms with Crippen molar-refractivity contribution in [2.75, 3.05) is 5.73 Å². The van der Waals surface area contributed by atoms with Crippen molar-refractivity contribution in [3.05, 3.63) is 6.20 Å². The van der Waals surface area contributed by atoms with Crippen LogP contribution >= 0.6 is 0 Å². The number of anilines is 1. The lowest BCUT2D eigenvalue weighted by Gasteiger charge is -1.99. The van der Waals surface area contributed by atoms with E-state index in [0.717, 1.165) is 0 Å². The van der Waals surface area contributed by atoms with Crippen LogP contribution in [-0.4, -0.2) is 19.0 Å². The van der Waals surface area contributed by atoms with Crippen molar-refractivity contribution >= 4 is 16.8 Å². The summed E-state index contributed by atoms with van der Waals surface area (Å²) in [7, 11) is 0. The van der Waals surface area contributed by atoms with Gasteiger partial charge in [-0.2, -0.15) is 5.10 Å². The van der Waals surface area contributed by atoms with E-state index in [-0.39, 0.29) is 10.7 Å². The van der Waals surface area contributed by atoms with Crippen LogP contribution in [0, 0.1) is 0 Å². The van der Waals surface area contributed by atoms with E-state index in [2.05, 4.69) is 10.2 Å². The lowest BCUT2D eigenvalue weighted by Crippen LogP contribution is -1.93. The number of hydrogen-bond acceptors (Lipinski definition) is 4. The first-order valence-electron chi connectivity index (χ1n) is 2.10. The summed E-state index contributed by atoms with van der Waals surface area (Å²) in [5.74, 6) is 0. The minimum absolute atomic E-state index is 0.0602. The maximum Gasteiger partial charge on any atom is 0.131 e. The van der Waals surface area contributed by atoms with Crippen LogP contribution in [0.15, 0.2) is 11.2 Å². The highest BCUT2D eigenvalue weighted by Gasteiger charge is 1.98. The molecule has 0 aromatic carbocycles. The predicted octanol–water partition coefficient (Wildman–Crippen LogP) is -0.770. The number of nitrogens with one attached hydrogen (secondary N) is 1. The summed E-state index contributed by atoms with van der Waals surface area (Å²) in [6.45, 7) is 0. The van der Waals surface area contributed by atoms with Crippen molar-refractivity contribution in [2.24, 2.45) is 0 Å². The Bertz CT molecular complexity index is 233. The first kappa shape index (κ1) is 6.24. The fourth-order valence-corrected chi connectivity index (χ4v) is 0.790. The fraction of sp³-hybridized carbons (Fsp3) is 0. The Morgan fingerprint density at radius 1 is 1.89 bits per heavy atom. The van der Waals surface area contributed by atoms with Gasteiger partial charge in [0.05, 0.1) is 11.9 Å². The van der Waals surface area contributed by atoms with E-state index in [0.29, 0.717) is 0 Å². The Kier molecular flexibility index (Phi) is 1.50. The van der Waals surface area contributed by atoms with E-state index in [9.17, 15) is 8.76 Å². The second-order valence-electron chi connectivity index (χ2n) is 1.39. The molecule has 0 aliphatic carbocycles. The fourth-order valence-electron chi connectivity index (χ4n) is 0.417. The van der Waals surface area contributed by atoms with Crippen LogP contribution in [0.25, 0.3) is 0 Å². The topological polar surface area (TPSA) is 94.8 Å². The Labute approximate surface area is 53.5 Å². The van der Waals surface area contributed by atoms with E-state index in [1.807, 2.05) is 0 Å². The first-order chi connectivity index (χ1) is 4.22. The number of nitrogens with two attached hydrogens (primary N) is 1. The van der Waals surface area contributed by atoms with Crippen molar-refractivity contribution in [3.63, 3.8) is 0 Å². The van der Waals surface area contributed by atoms with Gasteiger partial charge in [-0.15, -0.1) is 0 Å². The molecule has 6 heteroatoms. The minimum atomic E-state index is -2.30. The highest BCUT2D eigenvalue weighted by atomic mass is 32.2. The molecule has 0 bridgehead atoms. The zero-order chi connectivity index (χ0) is 6.85. The Morgan fingerprint density at radius 2 is 2.56 bits per heavy atom. The lowest BCUT2D eigenvalue weighted by molar-refractivity contribution is 0.533. The molecule has 3 N–H and O–H groups in total. The van der Waals surface area contributed by atoms with Gasteiger partial charge in [-0.3, -0.25) is 9.31 Å². The highest BCUT2D eigenvalue weighted by molar-refractivity contribution is 7.79. The van der Waals surface area contributed by atoms with Crippen molar-refractivity contribution in [1.29, 1.82) is 0 Å². The van der Waals surface area contributed by atoms with Crippen LogP contribution in [-0.2, 0) is 11.1 Å². The molecule has 1 atom stereocenters. The van der Waals surface area contributed by atoms with E-state index in [1.54, 1.807) is 0 Å². The van der Waals surface area contributed by atoms with Gasteiger partial charge in [0, 0.05) is 0 Å². The van der Waals surface area contributed by atoms with Crippen LogP contribution in [0.2, 0.25) is 0 Å². The molecule has 0 spiro atoms. The maximum absolute atomic E-state index is 10.1. The summed E-state index contributed by atoms with van der Waals surface area (Å²) in [5, 5.41) is 5.56. The molecular weight excluding hydrogens is 142 g/mol. The number of H-pyrrole nitrogens is 1. The first-order valence-corrected chi connectivity index (χ1v) is 3.17. The van der Waals surface area contributed by atoms with Crippen LogP contribution in [0.4, 0.5) is 5.69 Å². The van der Waals surface area contributed by atoms with Gasteiger partial charge in [-0.25, -0.2) is 0 Å². The van der Waals surface area contributed by atoms with Crippen LogP contribution in [0.5, 0.6) is 0 Å². The summed E-state index contributed by atoms with van der Waals surface area (Å²) in [5.41, 5.74) is 5.30. The van der Waals surface area contributed by atoms with Gasteiger partial charge in [-0.05, 0) is 11.1 Å². The van der Waals surface area contributed by atoms with E-state index < -0.39 is 11.1 Å². The van der Waals surface area contributed by atoms with Gasteiger partial charge in [0.2, 0.25) is 0 Å². The SMILES string of the molecule is Nc1cn[nH]c1S(=O)[O-]. The molecule has 0 aliphatic rings. The third-order valence-electron chi connectivity index (χ3n) is 0.799. The summed E-state index contributed by atoms with van der Waals surface area (Å²) in [6.07, 6.45) is 1.24. The highest BCUT2D eigenvalue weighted by Crippen LogP contribution is 2.08. The van der Waals surface area contributed by atoms with Gasteiger partial charge in [0.1, 0.15) is 5.03 Å². The summed E-state index contributed by atoms with van der Waals surface area (Å²) in [4.78, 5) is 0. The zero-order valence-electron chi connectivity index (χ0n) is 4.33. The van der Waals surface area contributed by atoms with Gasteiger partial charge in [0.25, 0.3) is 0 Å². The summed E-state index contributed by atoms with van der Waals surface area (Å²) >= 11 is -2.30. The standard InChI is InChI=1S/C3H5N3O2S/c4-2-1-5-6-3(2)9(7)8/h1H,4H2,(H,5,6)(H,7,8)/p-1. The van der Waals surface area contributed by atoms with Crippen molar-refractivity contribution < 1.29 is 8.76 Å². The maximum atomic E-state index is 10.1. The molecule has 0 saturated heterocycles. The molecule has 5 nitrogen and oxygen atoms in total. The molecular formula is C3H4N3O2S-. The largest absolute Gasteiger partial charge is 0.767 e. The number of nitrogens with zero attached hydrogens (tertiary/aromatic N) is 1. The molecule has 1 unspecified atom stereocenters. The van der Waals surface area contributed by atoms with E-state index in [4.69, 9.17) is 5.73 Å². The van der Waals surface area contributed by atoms with Gasteiger partial charge in [-0.1, -0.05) is 0 Å². The Hall–Kier alpha value is -0.880. The average Bonchev–Trinajstić information content (AvgIpc) is 2.13. The number of aromatic amines is 1. The third-order valence-corrected chi connectivity index (χ3v) is 1.46. The van der Waals surface area contributed by atoms with E-state index in [1.165, 1.54) is 6.20 Å². The smallest absolute Gasteiger partial charge is 0.131 e. The summed E-state index contributed by atoms with van der Waals surface area (Å²) < 4.78 is 20.3. The zero-order valence-corrected chi connectivity index (χ0v) is 5.14. The van der Waals surface area contributed by atoms with Crippen LogP contribution in [0.1, 0.15) is 0 Å². The number of rotatable bonds is 1. The van der Waals surface area contributed by atoms with E-state index >= 15 is 0 Å². The predicted molar refractivity (Wildman–Crippen MR) is 30.2 cm³/mol. The molecule has 1 aromatic heterocycles.